The minimum absolute atomic E-state index is 0.00801. The molecule has 2 aliphatic rings. The Kier molecular flexibility index (Phi) is 1.64. The molecule has 2 aliphatic heterocycles. The number of fused-ring (bicyclic) bond motifs is 4. The molecule has 2 nitrogen and oxygen atoms in total. The summed E-state index contributed by atoms with van der Waals surface area (Å²) in [5.41, 5.74) is 2.76. The SMILES string of the molecule is c1ccc2c(c1)CC1OCCC2O1. The van der Waals surface area contributed by atoms with E-state index in [4.69, 9.17) is 9.47 Å². The number of rotatable bonds is 0. The van der Waals surface area contributed by atoms with Crippen molar-refractivity contribution in [3.8, 4) is 0 Å². The lowest BCUT2D eigenvalue weighted by atomic mass is 9.94. The Morgan fingerprint density at radius 3 is 3.15 bits per heavy atom. The lowest BCUT2D eigenvalue weighted by Crippen LogP contribution is -2.34. The van der Waals surface area contributed by atoms with Crippen molar-refractivity contribution in [2.75, 3.05) is 6.61 Å². The molecule has 0 spiro atoms. The van der Waals surface area contributed by atoms with Crippen LogP contribution in [0.4, 0.5) is 0 Å². The first-order valence-corrected chi connectivity index (χ1v) is 4.78. The van der Waals surface area contributed by atoms with Gasteiger partial charge in [0, 0.05) is 12.8 Å². The van der Waals surface area contributed by atoms with E-state index in [0.29, 0.717) is 0 Å². The van der Waals surface area contributed by atoms with E-state index < -0.39 is 0 Å². The van der Waals surface area contributed by atoms with Gasteiger partial charge in [-0.2, -0.15) is 0 Å². The molecule has 0 radical (unpaired) electrons. The van der Waals surface area contributed by atoms with Gasteiger partial charge in [-0.25, -0.2) is 0 Å². The standard InChI is InChI=1S/C11H12O2/c1-2-4-9-8(3-1)7-11-12-6-5-10(9)13-11/h1-4,10-11H,5-7H2. The molecule has 2 bridgehead atoms. The smallest absolute Gasteiger partial charge is 0.162 e. The molecule has 0 amide bonds. The third-order valence-electron chi connectivity index (χ3n) is 2.79. The molecule has 0 N–H and O–H groups in total. The fourth-order valence-electron chi connectivity index (χ4n) is 2.15. The van der Waals surface area contributed by atoms with Gasteiger partial charge < -0.3 is 9.47 Å². The first-order chi connectivity index (χ1) is 6.43. The van der Waals surface area contributed by atoms with E-state index in [2.05, 4.69) is 24.3 Å². The van der Waals surface area contributed by atoms with Crippen molar-refractivity contribution in [2.45, 2.75) is 25.2 Å². The zero-order valence-electron chi connectivity index (χ0n) is 7.40. The van der Waals surface area contributed by atoms with Gasteiger partial charge in [-0.05, 0) is 11.1 Å². The third kappa shape index (κ3) is 1.18. The van der Waals surface area contributed by atoms with Crippen LogP contribution in [0, 0.1) is 0 Å². The van der Waals surface area contributed by atoms with Gasteiger partial charge in [0.25, 0.3) is 0 Å². The predicted octanol–water partition coefficient (Wildman–Crippen LogP) is 2.05. The molecule has 2 heteroatoms. The molecule has 13 heavy (non-hydrogen) atoms. The van der Waals surface area contributed by atoms with E-state index in [1.807, 2.05) is 0 Å². The van der Waals surface area contributed by atoms with Crippen LogP contribution in [0.25, 0.3) is 0 Å². The van der Waals surface area contributed by atoms with Gasteiger partial charge in [0.05, 0.1) is 12.7 Å². The Bertz CT molecular complexity index is 322. The molecular weight excluding hydrogens is 164 g/mol. The first-order valence-electron chi connectivity index (χ1n) is 4.78. The van der Waals surface area contributed by atoms with Gasteiger partial charge in [-0.15, -0.1) is 0 Å². The van der Waals surface area contributed by atoms with Crippen LogP contribution in [0.15, 0.2) is 24.3 Å². The zero-order valence-corrected chi connectivity index (χ0v) is 7.40. The van der Waals surface area contributed by atoms with E-state index in [1.165, 1.54) is 11.1 Å². The van der Waals surface area contributed by atoms with Gasteiger partial charge >= 0.3 is 0 Å². The molecular formula is C11H12O2. The summed E-state index contributed by atoms with van der Waals surface area (Å²) in [6.45, 7) is 0.837. The quantitative estimate of drug-likeness (QED) is 0.602. The second-order valence-corrected chi connectivity index (χ2v) is 3.62. The fraction of sp³-hybridized carbons (Fsp3) is 0.455. The summed E-state index contributed by atoms with van der Waals surface area (Å²) in [7, 11) is 0. The maximum absolute atomic E-state index is 5.73. The number of ether oxygens (including phenoxy) is 2. The molecule has 2 atom stereocenters. The minimum atomic E-state index is 0.00801. The van der Waals surface area contributed by atoms with Gasteiger partial charge in [0.15, 0.2) is 6.29 Å². The van der Waals surface area contributed by atoms with Crippen LogP contribution in [-0.2, 0) is 15.9 Å². The highest BCUT2D eigenvalue weighted by Crippen LogP contribution is 2.35. The summed E-state index contributed by atoms with van der Waals surface area (Å²) in [5, 5.41) is 0. The van der Waals surface area contributed by atoms with E-state index in [1.54, 1.807) is 0 Å². The highest BCUT2D eigenvalue weighted by atomic mass is 16.7. The lowest BCUT2D eigenvalue weighted by molar-refractivity contribution is -0.221. The number of benzene rings is 1. The Labute approximate surface area is 77.5 Å². The van der Waals surface area contributed by atoms with E-state index in [0.717, 1.165) is 19.4 Å². The average molecular weight is 176 g/mol. The Morgan fingerprint density at radius 2 is 2.15 bits per heavy atom. The molecule has 2 heterocycles. The van der Waals surface area contributed by atoms with Crippen LogP contribution in [0.5, 0.6) is 0 Å². The van der Waals surface area contributed by atoms with Crippen LogP contribution in [-0.4, -0.2) is 12.9 Å². The molecule has 2 unspecified atom stereocenters. The van der Waals surface area contributed by atoms with Crippen molar-refractivity contribution in [1.29, 1.82) is 0 Å². The van der Waals surface area contributed by atoms with Crippen LogP contribution in [0.2, 0.25) is 0 Å². The van der Waals surface area contributed by atoms with E-state index in [9.17, 15) is 0 Å². The van der Waals surface area contributed by atoms with Crippen LogP contribution < -0.4 is 0 Å². The second kappa shape index (κ2) is 2.82. The average Bonchev–Trinajstić information content (AvgIpc) is 2.18. The second-order valence-electron chi connectivity index (χ2n) is 3.62. The van der Waals surface area contributed by atoms with Crippen molar-refractivity contribution >= 4 is 0 Å². The van der Waals surface area contributed by atoms with Crippen molar-refractivity contribution < 1.29 is 9.47 Å². The monoisotopic (exact) mass is 176 g/mol. The lowest BCUT2D eigenvalue weighted by Gasteiger charge is -2.36. The van der Waals surface area contributed by atoms with Crippen molar-refractivity contribution in [3.63, 3.8) is 0 Å². The molecule has 0 aromatic heterocycles. The number of hydrogen-bond acceptors (Lipinski definition) is 2. The maximum atomic E-state index is 5.73. The third-order valence-corrected chi connectivity index (χ3v) is 2.79. The minimum Gasteiger partial charge on any atom is -0.352 e. The molecule has 1 aromatic rings. The zero-order chi connectivity index (χ0) is 8.67. The van der Waals surface area contributed by atoms with Crippen LogP contribution in [0.3, 0.4) is 0 Å². The predicted molar refractivity (Wildman–Crippen MR) is 48.3 cm³/mol. The first kappa shape index (κ1) is 7.54. The van der Waals surface area contributed by atoms with Gasteiger partial charge in [-0.1, -0.05) is 24.3 Å². The van der Waals surface area contributed by atoms with Gasteiger partial charge in [-0.3, -0.25) is 0 Å². The summed E-state index contributed by atoms with van der Waals surface area (Å²) in [4.78, 5) is 0. The molecule has 1 aromatic carbocycles. The molecule has 0 saturated carbocycles. The maximum Gasteiger partial charge on any atom is 0.162 e. The van der Waals surface area contributed by atoms with E-state index >= 15 is 0 Å². The van der Waals surface area contributed by atoms with Gasteiger partial charge in [0.1, 0.15) is 0 Å². The van der Waals surface area contributed by atoms with E-state index in [-0.39, 0.29) is 12.4 Å². The molecule has 1 fully saturated rings. The Hall–Kier alpha value is -0.860. The molecule has 0 aliphatic carbocycles. The highest BCUT2D eigenvalue weighted by molar-refractivity contribution is 5.31. The fourth-order valence-corrected chi connectivity index (χ4v) is 2.15. The largest absolute Gasteiger partial charge is 0.352 e. The number of hydrogen-bond donors (Lipinski definition) is 0. The summed E-state index contributed by atoms with van der Waals surface area (Å²) >= 11 is 0. The summed E-state index contributed by atoms with van der Waals surface area (Å²) in [5.74, 6) is 0. The topological polar surface area (TPSA) is 18.5 Å². The summed E-state index contributed by atoms with van der Waals surface area (Å²) < 4.78 is 11.2. The van der Waals surface area contributed by atoms with Crippen molar-refractivity contribution in [2.24, 2.45) is 0 Å². The normalized spacial score (nSPS) is 31.1. The Morgan fingerprint density at radius 1 is 1.23 bits per heavy atom. The van der Waals surface area contributed by atoms with Crippen LogP contribution in [0.1, 0.15) is 23.7 Å². The van der Waals surface area contributed by atoms with Crippen molar-refractivity contribution in [3.05, 3.63) is 35.4 Å². The highest BCUT2D eigenvalue weighted by Gasteiger charge is 2.30. The van der Waals surface area contributed by atoms with Gasteiger partial charge in [0.2, 0.25) is 0 Å². The Balaban J connectivity index is 2.06. The summed E-state index contributed by atoms with van der Waals surface area (Å²) in [6.07, 6.45) is 2.19. The molecule has 1 saturated heterocycles. The molecule has 68 valence electrons. The van der Waals surface area contributed by atoms with Crippen LogP contribution >= 0.6 is 0 Å². The summed E-state index contributed by atoms with van der Waals surface area (Å²) in [6, 6.07) is 8.51. The van der Waals surface area contributed by atoms with Crippen molar-refractivity contribution in [1.82, 2.24) is 0 Å². The molecule has 3 rings (SSSR count).